The van der Waals surface area contributed by atoms with Gasteiger partial charge < -0.3 is 9.47 Å². The summed E-state index contributed by atoms with van der Waals surface area (Å²) in [6, 6.07) is 0. The van der Waals surface area contributed by atoms with E-state index in [1.165, 1.54) is 14.2 Å². The molecule has 86 valence electrons. The second-order valence-electron chi connectivity index (χ2n) is 2.20. The molecule has 0 saturated carbocycles. The minimum absolute atomic E-state index is 0.420. The summed E-state index contributed by atoms with van der Waals surface area (Å²) in [7, 11) is 2.91. The van der Waals surface area contributed by atoms with Crippen molar-refractivity contribution < 1.29 is 29.0 Å². The van der Waals surface area contributed by atoms with E-state index in [2.05, 4.69) is 19.6 Å². The SMILES string of the molecule is COOCCOCCOCCOOC. The van der Waals surface area contributed by atoms with Gasteiger partial charge in [0.15, 0.2) is 0 Å². The van der Waals surface area contributed by atoms with Gasteiger partial charge in [0.2, 0.25) is 0 Å². The van der Waals surface area contributed by atoms with E-state index >= 15 is 0 Å². The zero-order chi connectivity index (χ0) is 10.5. The first-order valence-electron chi connectivity index (χ1n) is 4.38. The van der Waals surface area contributed by atoms with Gasteiger partial charge in [0.1, 0.15) is 13.2 Å². The summed E-state index contributed by atoms with van der Waals surface area (Å²) in [5.74, 6) is 0. The van der Waals surface area contributed by atoms with E-state index in [0.29, 0.717) is 39.6 Å². The molecule has 0 aliphatic carbocycles. The highest BCUT2D eigenvalue weighted by atomic mass is 17.2. The topological polar surface area (TPSA) is 55.4 Å². The Hall–Kier alpha value is -0.240. The lowest BCUT2D eigenvalue weighted by Crippen LogP contribution is -2.11. The standard InChI is InChI=1S/C8H18O6/c1-9-13-7-5-11-3-4-12-6-8-14-10-2/h3-8H2,1-2H3. The fraction of sp³-hybridized carbons (Fsp3) is 1.00. The number of ether oxygens (including phenoxy) is 2. The van der Waals surface area contributed by atoms with Crippen LogP contribution in [-0.4, -0.2) is 53.9 Å². The first kappa shape index (κ1) is 13.8. The number of hydrogen-bond donors (Lipinski definition) is 0. The number of rotatable bonds is 11. The van der Waals surface area contributed by atoms with Crippen LogP contribution in [0.3, 0.4) is 0 Å². The van der Waals surface area contributed by atoms with Gasteiger partial charge in [-0.25, -0.2) is 19.6 Å². The van der Waals surface area contributed by atoms with Crippen LogP contribution in [0.25, 0.3) is 0 Å². The number of hydrogen-bond acceptors (Lipinski definition) is 6. The van der Waals surface area contributed by atoms with Crippen LogP contribution < -0.4 is 0 Å². The molecule has 0 heterocycles. The van der Waals surface area contributed by atoms with Crippen molar-refractivity contribution in [3.05, 3.63) is 0 Å². The summed E-state index contributed by atoms with van der Waals surface area (Å²) in [6.45, 7) is 2.88. The Morgan fingerprint density at radius 2 is 0.929 bits per heavy atom. The van der Waals surface area contributed by atoms with Crippen molar-refractivity contribution in [2.45, 2.75) is 0 Å². The lowest BCUT2D eigenvalue weighted by Gasteiger charge is -2.05. The Labute approximate surface area is 83.8 Å². The first-order chi connectivity index (χ1) is 6.91. The van der Waals surface area contributed by atoms with Gasteiger partial charge in [-0.2, -0.15) is 0 Å². The van der Waals surface area contributed by atoms with Crippen LogP contribution in [0.15, 0.2) is 0 Å². The van der Waals surface area contributed by atoms with Crippen LogP contribution in [0.5, 0.6) is 0 Å². The maximum absolute atomic E-state index is 5.14. The Bertz CT molecular complexity index is 87.8. The quantitative estimate of drug-likeness (QED) is 0.275. The average molecular weight is 210 g/mol. The molecule has 0 bridgehead atoms. The molecule has 6 nitrogen and oxygen atoms in total. The first-order valence-corrected chi connectivity index (χ1v) is 4.38. The summed E-state index contributed by atoms with van der Waals surface area (Å²) in [5, 5.41) is 0. The highest BCUT2D eigenvalue weighted by Gasteiger charge is 1.91. The van der Waals surface area contributed by atoms with Crippen LogP contribution in [0.1, 0.15) is 0 Å². The van der Waals surface area contributed by atoms with Crippen molar-refractivity contribution in [3.8, 4) is 0 Å². The van der Waals surface area contributed by atoms with Crippen molar-refractivity contribution in [3.63, 3.8) is 0 Å². The van der Waals surface area contributed by atoms with Gasteiger partial charge in [-0.1, -0.05) is 0 Å². The molecule has 0 saturated heterocycles. The van der Waals surface area contributed by atoms with Crippen LogP contribution in [0, 0.1) is 0 Å². The maximum atomic E-state index is 5.14. The molecular formula is C8H18O6. The van der Waals surface area contributed by atoms with Gasteiger partial charge in [-0.15, -0.1) is 0 Å². The zero-order valence-corrected chi connectivity index (χ0v) is 8.69. The van der Waals surface area contributed by atoms with Gasteiger partial charge in [0, 0.05) is 0 Å². The molecule has 0 rings (SSSR count). The molecule has 0 aliphatic rings. The van der Waals surface area contributed by atoms with Gasteiger partial charge in [0.05, 0.1) is 40.6 Å². The molecule has 0 aromatic carbocycles. The highest BCUT2D eigenvalue weighted by Crippen LogP contribution is 1.82. The Kier molecular flexibility index (Phi) is 12.5. The largest absolute Gasteiger partial charge is 0.377 e. The van der Waals surface area contributed by atoms with Gasteiger partial charge >= 0.3 is 0 Å². The van der Waals surface area contributed by atoms with Crippen LogP contribution in [-0.2, 0) is 29.0 Å². The fourth-order valence-corrected chi connectivity index (χ4v) is 0.675. The summed E-state index contributed by atoms with van der Waals surface area (Å²) >= 11 is 0. The van der Waals surface area contributed by atoms with E-state index < -0.39 is 0 Å². The smallest absolute Gasteiger partial charge is 0.106 e. The molecule has 0 aromatic rings. The fourth-order valence-electron chi connectivity index (χ4n) is 0.675. The molecule has 0 fully saturated rings. The van der Waals surface area contributed by atoms with Crippen molar-refractivity contribution >= 4 is 0 Å². The maximum Gasteiger partial charge on any atom is 0.106 e. The van der Waals surface area contributed by atoms with Crippen molar-refractivity contribution in [2.24, 2.45) is 0 Å². The van der Waals surface area contributed by atoms with E-state index in [1.807, 2.05) is 0 Å². The van der Waals surface area contributed by atoms with Crippen molar-refractivity contribution in [2.75, 3.05) is 53.9 Å². The summed E-state index contributed by atoms with van der Waals surface area (Å²) in [6.07, 6.45) is 0. The summed E-state index contributed by atoms with van der Waals surface area (Å²) < 4.78 is 10.3. The molecule has 0 atom stereocenters. The molecule has 0 radical (unpaired) electrons. The lowest BCUT2D eigenvalue weighted by molar-refractivity contribution is -0.280. The highest BCUT2D eigenvalue weighted by molar-refractivity contribution is 4.31. The molecule has 0 N–H and O–H groups in total. The van der Waals surface area contributed by atoms with Crippen LogP contribution >= 0.6 is 0 Å². The second kappa shape index (κ2) is 12.8. The monoisotopic (exact) mass is 210 g/mol. The van der Waals surface area contributed by atoms with Crippen molar-refractivity contribution in [1.82, 2.24) is 0 Å². The van der Waals surface area contributed by atoms with Gasteiger partial charge in [-0.05, 0) is 0 Å². The molecule has 14 heavy (non-hydrogen) atoms. The Morgan fingerprint density at radius 1 is 0.571 bits per heavy atom. The average Bonchev–Trinajstić information content (AvgIpc) is 2.21. The molecule has 0 amide bonds. The van der Waals surface area contributed by atoms with Crippen molar-refractivity contribution in [1.29, 1.82) is 0 Å². The minimum Gasteiger partial charge on any atom is -0.377 e. The van der Waals surface area contributed by atoms with Crippen LogP contribution in [0.2, 0.25) is 0 Å². The van der Waals surface area contributed by atoms with Gasteiger partial charge in [-0.3, -0.25) is 0 Å². The molecule has 6 heteroatoms. The lowest BCUT2D eigenvalue weighted by atomic mass is 10.7. The predicted octanol–water partition coefficient (Wildman–Crippen LogP) is 0.176. The molecular weight excluding hydrogens is 192 g/mol. The van der Waals surface area contributed by atoms with E-state index in [0.717, 1.165) is 0 Å². The van der Waals surface area contributed by atoms with Gasteiger partial charge in [0.25, 0.3) is 0 Å². The molecule has 0 unspecified atom stereocenters. The summed E-state index contributed by atoms with van der Waals surface area (Å²) in [4.78, 5) is 17.9. The van der Waals surface area contributed by atoms with E-state index in [4.69, 9.17) is 9.47 Å². The van der Waals surface area contributed by atoms with Crippen LogP contribution in [0.4, 0.5) is 0 Å². The third kappa shape index (κ3) is 11.8. The minimum atomic E-state index is 0.420. The second-order valence-corrected chi connectivity index (χ2v) is 2.20. The zero-order valence-electron chi connectivity index (χ0n) is 8.69. The van der Waals surface area contributed by atoms with E-state index in [-0.39, 0.29) is 0 Å². The van der Waals surface area contributed by atoms with E-state index in [1.54, 1.807) is 0 Å². The summed E-state index contributed by atoms with van der Waals surface area (Å²) in [5.41, 5.74) is 0. The van der Waals surface area contributed by atoms with E-state index in [9.17, 15) is 0 Å². The normalized spacial score (nSPS) is 10.7. The molecule has 0 aliphatic heterocycles. The Balaban J connectivity index is 2.78. The third-order valence-corrected chi connectivity index (χ3v) is 1.23. The Morgan fingerprint density at radius 3 is 1.29 bits per heavy atom. The molecule has 0 aromatic heterocycles. The third-order valence-electron chi connectivity index (χ3n) is 1.23. The molecule has 0 spiro atoms. The predicted molar refractivity (Wildman–Crippen MR) is 47.6 cm³/mol.